The maximum absolute atomic E-state index is 12.4. The highest BCUT2D eigenvalue weighted by molar-refractivity contribution is 5.94. The summed E-state index contributed by atoms with van der Waals surface area (Å²) in [5.41, 5.74) is 1.25. The van der Waals surface area contributed by atoms with Gasteiger partial charge in [0.1, 0.15) is 0 Å². The number of aryl methyl sites for hydroxylation is 1. The molecule has 0 N–H and O–H groups in total. The molecule has 1 heteroatoms. The Labute approximate surface area is 99.3 Å². The maximum atomic E-state index is 12.4. The Morgan fingerprint density at radius 2 is 1.47 bits per heavy atom. The van der Waals surface area contributed by atoms with Crippen LogP contribution >= 0.6 is 0 Å². The van der Waals surface area contributed by atoms with Crippen LogP contribution in [0, 0.1) is 6.92 Å². The third-order valence-electron chi connectivity index (χ3n) is 3.20. The van der Waals surface area contributed by atoms with Crippen molar-refractivity contribution >= 4 is 21.5 Å². The molecular formula is C16H12O. The molecule has 0 saturated carbocycles. The summed E-state index contributed by atoms with van der Waals surface area (Å²) in [6, 6.07) is 17.7. The van der Waals surface area contributed by atoms with E-state index in [2.05, 4.69) is 0 Å². The van der Waals surface area contributed by atoms with Crippen LogP contribution in [0.15, 0.2) is 59.4 Å². The molecule has 0 spiro atoms. The van der Waals surface area contributed by atoms with E-state index in [4.69, 9.17) is 0 Å². The van der Waals surface area contributed by atoms with Crippen molar-refractivity contribution in [3.05, 3.63) is 70.4 Å². The smallest absolute Gasteiger partial charge is 0.194 e. The normalized spacial score (nSPS) is 10.9. The minimum atomic E-state index is 0.115. The van der Waals surface area contributed by atoms with Crippen molar-refractivity contribution in [2.45, 2.75) is 6.92 Å². The van der Waals surface area contributed by atoms with Gasteiger partial charge >= 0.3 is 0 Å². The molecule has 0 aliphatic carbocycles. The molecule has 0 amide bonds. The van der Waals surface area contributed by atoms with Gasteiger partial charge in [-0.15, -0.1) is 0 Å². The molecule has 17 heavy (non-hydrogen) atoms. The fourth-order valence-electron chi connectivity index (χ4n) is 2.27. The Balaban J connectivity index is 2.69. The zero-order valence-electron chi connectivity index (χ0n) is 9.60. The van der Waals surface area contributed by atoms with Crippen LogP contribution in [0.5, 0.6) is 0 Å². The van der Waals surface area contributed by atoms with Crippen LogP contribution in [0.25, 0.3) is 21.5 Å². The fourth-order valence-corrected chi connectivity index (χ4v) is 2.27. The Hall–Kier alpha value is -2.15. The standard InChI is InChI=1S/C16H12O/c1-11-5-4-8-15-13(11)10-9-12-6-2-3-7-14(12)16(15)17/h2-10H,1H3. The summed E-state index contributed by atoms with van der Waals surface area (Å²) in [4.78, 5) is 12.4. The average Bonchev–Trinajstić information content (AvgIpc) is 2.50. The van der Waals surface area contributed by atoms with Crippen LogP contribution in [0.1, 0.15) is 5.56 Å². The largest absolute Gasteiger partial charge is 0.289 e. The van der Waals surface area contributed by atoms with E-state index < -0.39 is 0 Å². The van der Waals surface area contributed by atoms with E-state index in [1.54, 1.807) is 0 Å². The Kier molecular flexibility index (Phi) is 2.19. The summed E-state index contributed by atoms with van der Waals surface area (Å²) in [5, 5.41) is 3.61. The van der Waals surface area contributed by atoms with Gasteiger partial charge in [-0.1, -0.05) is 54.6 Å². The Morgan fingerprint density at radius 1 is 0.706 bits per heavy atom. The molecule has 0 aliphatic rings. The zero-order chi connectivity index (χ0) is 11.8. The second-order valence-electron chi connectivity index (χ2n) is 4.29. The second-order valence-corrected chi connectivity index (χ2v) is 4.29. The first-order chi connectivity index (χ1) is 8.27. The lowest BCUT2D eigenvalue weighted by molar-refractivity contribution is 1.54. The average molecular weight is 220 g/mol. The van der Waals surface area contributed by atoms with Gasteiger partial charge < -0.3 is 0 Å². The van der Waals surface area contributed by atoms with E-state index in [1.165, 1.54) is 0 Å². The van der Waals surface area contributed by atoms with E-state index >= 15 is 0 Å². The van der Waals surface area contributed by atoms with Crippen molar-refractivity contribution in [1.29, 1.82) is 0 Å². The molecule has 1 nitrogen and oxygen atoms in total. The lowest BCUT2D eigenvalue weighted by atomic mass is 10.1. The molecule has 0 atom stereocenters. The molecule has 0 heterocycles. The summed E-state index contributed by atoms with van der Waals surface area (Å²) < 4.78 is 0. The van der Waals surface area contributed by atoms with Gasteiger partial charge in [0.15, 0.2) is 5.43 Å². The fraction of sp³-hybridized carbons (Fsp3) is 0.0625. The number of hydrogen-bond donors (Lipinski definition) is 0. The lowest BCUT2D eigenvalue weighted by Gasteiger charge is -1.95. The predicted octanol–water partition coefficient (Wildman–Crippen LogP) is 3.66. The van der Waals surface area contributed by atoms with Crippen LogP contribution in [0.4, 0.5) is 0 Å². The van der Waals surface area contributed by atoms with E-state index in [0.29, 0.717) is 0 Å². The van der Waals surface area contributed by atoms with Crippen LogP contribution in [0.2, 0.25) is 0 Å². The molecule has 0 aromatic heterocycles. The molecule has 0 unspecified atom stereocenters. The summed E-state index contributed by atoms with van der Waals surface area (Å²) in [7, 11) is 0. The van der Waals surface area contributed by atoms with Crippen LogP contribution in [0.3, 0.4) is 0 Å². The van der Waals surface area contributed by atoms with E-state index in [1.807, 2.05) is 61.5 Å². The maximum Gasteiger partial charge on any atom is 0.194 e. The SMILES string of the molecule is Cc1cccc2c(=O)c3ccccc3ccc12. The lowest BCUT2D eigenvalue weighted by Crippen LogP contribution is -1.98. The first-order valence-electron chi connectivity index (χ1n) is 5.69. The van der Waals surface area contributed by atoms with Crippen molar-refractivity contribution in [2.24, 2.45) is 0 Å². The third-order valence-corrected chi connectivity index (χ3v) is 3.20. The molecule has 0 fully saturated rings. The van der Waals surface area contributed by atoms with E-state index in [0.717, 1.165) is 27.1 Å². The summed E-state index contributed by atoms with van der Waals surface area (Å²) in [5.74, 6) is 0. The highest BCUT2D eigenvalue weighted by atomic mass is 16.1. The summed E-state index contributed by atoms with van der Waals surface area (Å²) in [6.45, 7) is 2.03. The van der Waals surface area contributed by atoms with Gasteiger partial charge in [0.2, 0.25) is 0 Å². The molecule has 0 radical (unpaired) electrons. The van der Waals surface area contributed by atoms with Gasteiger partial charge in [-0.05, 0) is 23.3 Å². The zero-order valence-corrected chi connectivity index (χ0v) is 9.60. The van der Waals surface area contributed by atoms with Crippen molar-refractivity contribution in [3.8, 4) is 0 Å². The summed E-state index contributed by atoms with van der Waals surface area (Å²) in [6.07, 6.45) is 0. The highest BCUT2D eigenvalue weighted by Crippen LogP contribution is 2.17. The molecule has 0 bridgehead atoms. The van der Waals surface area contributed by atoms with Crippen molar-refractivity contribution in [3.63, 3.8) is 0 Å². The first kappa shape index (κ1) is 10.0. The van der Waals surface area contributed by atoms with Gasteiger partial charge in [-0.2, -0.15) is 0 Å². The molecule has 0 aliphatic heterocycles. The van der Waals surface area contributed by atoms with Crippen LogP contribution in [-0.4, -0.2) is 0 Å². The number of rotatable bonds is 0. The van der Waals surface area contributed by atoms with E-state index in [9.17, 15) is 4.79 Å². The van der Waals surface area contributed by atoms with Crippen molar-refractivity contribution in [2.75, 3.05) is 0 Å². The van der Waals surface area contributed by atoms with Gasteiger partial charge in [-0.3, -0.25) is 4.79 Å². The Bertz CT molecular complexity index is 772. The van der Waals surface area contributed by atoms with Gasteiger partial charge in [0.25, 0.3) is 0 Å². The quantitative estimate of drug-likeness (QED) is 0.565. The second kappa shape index (κ2) is 3.70. The molecule has 3 aromatic rings. The minimum Gasteiger partial charge on any atom is -0.289 e. The van der Waals surface area contributed by atoms with Crippen molar-refractivity contribution < 1.29 is 0 Å². The number of fused-ring (bicyclic) bond motifs is 2. The van der Waals surface area contributed by atoms with Crippen LogP contribution < -0.4 is 5.43 Å². The first-order valence-corrected chi connectivity index (χ1v) is 5.69. The third kappa shape index (κ3) is 1.51. The number of hydrogen-bond acceptors (Lipinski definition) is 1. The Morgan fingerprint density at radius 3 is 2.35 bits per heavy atom. The molecule has 82 valence electrons. The van der Waals surface area contributed by atoms with Gasteiger partial charge in [-0.25, -0.2) is 0 Å². The molecule has 3 aromatic carbocycles. The van der Waals surface area contributed by atoms with Gasteiger partial charge in [0.05, 0.1) is 0 Å². The molecular weight excluding hydrogens is 208 g/mol. The number of benzene rings is 2. The van der Waals surface area contributed by atoms with Crippen molar-refractivity contribution in [1.82, 2.24) is 0 Å². The topological polar surface area (TPSA) is 17.1 Å². The van der Waals surface area contributed by atoms with E-state index in [-0.39, 0.29) is 5.43 Å². The minimum absolute atomic E-state index is 0.115. The molecule has 0 saturated heterocycles. The summed E-state index contributed by atoms with van der Waals surface area (Å²) >= 11 is 0. The predicted molar refractivity (Wildman–Crippen MR) is 72.5 cm³/mol. The molecule has 3 rings (SSSR count). The monoisotopic (exact) mass is 220 g/mol. The van der Waals surface area contributed by atoms with Gasteiger partial charge in [0, 0.05) is 10.8 Å². The highest BCUT2D eigenvalue weighted by Gasteiger charge is 2.02. The van der Waals surface area contributed by atoms with Crippen LogP contribution in [-0.2, 0) is 0 Å².